The lowest BCUT2D eigenvalue weighted by Gasteiger charge is -2.18. The zero-order chi connectivity index (χ0) is 13.1. The van der Waals surface area contributed by atoms with E-state index in [1.807, 2.05) is 16.8 Å². The quantitative estimate of drug-likeness (QED) is 0.922. The predicted octanol–water partition coefficient (Wildman–Crippen LogP) is 3.03. The molecule has 1 aromatic heterocycles. The van der Waals surface area contributed by atoms with Gasteiger partial charge in [0, 0.05) is 24.7 Å². The molecular weight excluding hydrogens is 246 g/mol. The number of hydrogen-bond donors (Lipinski definition) is 1. The molecule has 3 nitrogen and oxygen atoms in total. The van der Waals surface area contributed by atoms with Gasteiger partial charge in [0.25, 0.3) is 5.91 Å². The highest BCUT2D eigenvalue weighted by atomic mass is 32.1. The second-order valence-corrected chi connectivity index (χ2v) is 5.02. The van der Waals surface area contributed by atoms with Crippen molar-refractivity contribution in [3.05, 3.63) is 51.7 Å². The first-order valence-electron chi connectivity index (χ1n) is 5.64. The minimum atomic E-state index is -0.0744. The van der Waals surface area contributed by atoms with Gasteiger partial charge in [-0.05, 0) is 41.4 Å². The standard InChI is InChI=1S/C14H15NO2S/c1-10-12(4-3-5-13(10)16)14(17)15(2)8-11-6-7-18-9-11/h3-7,9,16H,8H2,1-2H3. The Morgan fingerprint density at radius 1 is 1.39 bits per heavy atom. The minimum absolute atomic E-state index is 0.0744. The number of aromatic hydroxyl groups is 1. The van der Waals surface area contributed by atoms with Crippen molar-refractivity contribution in [3.8, 4) is 5.75 Å². The third-order valence-electron chi connectivity index (χ3n) is 2.88. The van der Waals surface area contributed by atoms with Gasteiger partial charge in [0.05, 0.1) is 0 Å². The van der Waals surface area contributed by atoms with Crippen molar-refractivity contribution in [2.24, 2.45) is 0 Å². The van der Waals surface area contributed by atoms with Gasteiger partial charge < -0.3 is 10.0 Å². The Balaban J connectivity index is 2.18. The first-order chi connectivity index (χ1) is 8.59. The zero-order valence-corrected chi connectivity index (χ0v) is 11.2. The Hall–Kier alpha value is -1.81. The average Bonchev–Trinajstić information content (AvgIpc) is 2.84. The van der Waals surface area contributed by atoms with Crippen LogP contribution in [-0.2, 0) is 6.54 Å². The maximum Gasteiger partial charge on any atom is 0.254 e. The number of carbonyl (C=O) groups excluding carboxylic acids is 1. The number of thiophene rings is 1. The monoisotopic (exact) mass is 261 g/mol. The van der Waals surface area contributed by atoms with Crippen LogP contribution >= 0.6 is 11.3 Å². The predicted molar refractivity (Wildman–Crippen MR) is 73.0 cm³/mol. The van der Waals surface area contributed by atoms with Crippen molar-refractivity contribution in [3.63, 3.8) is 0 Å². The molecule has 1 amide bonds. The van der Waals surface area contributed by atoms with Crippen LogP contribution in [0, 0.1) is 6.92 Å². The Morgan fingerprint density at radius 2 is 2.17 bits per heavy atom. The van der Waals surface area contributed by atoms with Gasteiger partial charge in [-0.3, -0.25) is 4.79 Å². The lowest BCUT2D eigenvalue weighted by molar-refractivity contribution is 0.0784. The van der Waals surface area contributed by atoms with Crippen molar-refractivity contribution >= 4 is 17.2 Å². The molecular formula is C14H15NO2S. The third kappa shape index (κ3) is 2.54. The lowest BCUT2D eigenvalue weighted by Crippen LogP contribution is -2.26. The number of amides is 1. The second kappa shape index (κ2) is 5.23. The third-order valence-corrected chi connectivity index (χ3v) is 3.61. The number of nitrogens with zero attached hydrogens (tertiary/aromatic N) is 1. The summed E-state index contributed by atoms with van der Waals surface area (Å²) < 4.78 is 0. The van der Waals surface area contributed by atoms with Crippen molar-refractivity contribution in [1.29, 1.82) is 0 Å². The molecule has 0 aliphatic rings. The number of hydrogen-bond acceptors (Lipinski definition) is 3. The molecule has 0 aliphatic heterocycles. The number of carbonyl (C=O) groups is 1. The molecule has 0 bridgehead atoms. The number of phenols is 1. The molecule has 0 spiro atoms. The highest BCUT2D eigenvalue weighted by Gasteiger charge is 2.15. The summed E-state index contributed by atoms with van der Waals surface area (Å²) in [5.74, 6) is 0.0828. The lowest BCUT2D eigenvalue weighted by atomic mass is 10.1. The summed E-state index contributed by atoms with van der Waals surface area (Å²) in [6.45, 7) is 2.33. The number of benzene rings is 1. The van der Waals surface area contributed by atoms with Gasteiger partial charge >= 0.3 is 0 Å². The van der Waals surface area contributed by atoms with E-state index >= 15 is 0 Å². The van der Waals surface area contributed by atoms with E-state index in [1.54, 1.807) is 48.4 Å². The van der Waals surface area contributed by atoms with Crippen molar-refractivity contribution in [1.82, 2.24) is 4.90 Å². The van der Waals surface area contributed by atoms with Gasteiger partial charge in [-0.15, -0.1) is 0 Å². The molecule has 1 aromatic carbocycles. The maximum atomic E-state index is 12.3. The molecule has 0 unspecified atom stereocenters. The first-order valence-corrected chi connectivity index (χ1v) is 6.59. The molecule has 94 valence electrons. The zero-order valence-electron chi connectivity index (χ0n) is 10.4. The summed E-state index contributed by atoms with van der Waals surface area (Å²) >= 11 is 1.62. The highest BCUT2D eigenvalue weighted by Crippen LogP contribution is 2.21. The SMILES string of the molecule is Cc1c(O)cccc1C(=O)N(C)Cc1ccsc1. The Labute approximate surface area is 110 Å². The number of rotatable bonds is 3. The van der Waals surface area contributed by atoms with E-state index in [4.69, 9.17) is 0 Å². The topological polar surface area (TPSA) is 40.5 Å². The molecule has 18 heavy (non-hydrogen) atoms. The average molecular weight is 261 g/mol. The van der Waals surface area contributed by atoms with Gasteiger partial charge in [0.1, 0.15) is 5.75 Å². The Morgan fingerprint density at radius 3 is 2.83 bits per heavy atom. The van der Waals surface area contributed by atoms with Gasteiger partial charge in [0.2, 0.25) is 0 Å². The Bertz CT molecular complexity index is 549. The maximum absolute atomic E-state index is 12.3. The molecule has 0 radical (unpaired) electrons. The van der Waals surface area contributed by atoms with Gasteiger partial charge in [-0.2, -0.15) is 11.3 Å². The van der Waals surface area contributed by atoms with Crippen molar-refractivity contribution < 1.29 is 9.90 Å². The van der Waals surface area contributed by atoms with E-state index in [-0.39, 0.29) is 11.7 Å². The van der Waals surface area contributed by atoms with Gasteiger partial charge in [-0.1, -0.05) is 6.07 Å². The van der Waals surface area contributed by atoms with Crippen LogP contribution in [0.1, 0.15) is 21.5 Å². The largest absolute Gasteiger partial charge is 0.508 e. The molecule has 0 saturated heterocycles. The molecule has 0 fully saturated rings. The fourth-order valence-corrected chi connectivity index (χ4v) is 2.45. The van der Waals surface area contributed by atoms with E-state index in [1.165, 1.54) is 0 Å². The molecule has 0 saturated carbocycles. The van der Waals surface area contributed by atoms with Gasteiger partial charge in [0.15, 0.2) is 0 Å². The molecule has 1 N–H and O–H groups in total. The fourth-order valence-electron chi connectivity index (χ4n) is 1.79. The van der Waals surface area contributed by atoms with Crippen LogP contribution in [0.15, 0.2) is 35.0 Å². The molecule has 4 heteroatoms. The van der Waals surface area contributed by atoms with Crippen LogP contribution in [0.3, 0.4) is 0 Å². The van der Waals surface area contributed by atoms with Crippen molar-refractivity contribution in [2.45, 2.75) is 13.5 Å². The van der Waals surface area contributed by atoms with Crippen LogP contribution in [0.25, 0.3) is 0 Å². The van der Waals surface area contributed by atoms with Crippen LogP contribution < -0.4 is 0 Å². The van der Waals surface area contributed by atoms with E-state index in [9.17, 15) is 9.90 Å². The molecule has 2 rings (SSSR count). The summed E-state index contributed by atoms with van der Waals surface area (Å²) in [5, 5.41) is 13.6. The van der Waals surface area contributed by atoms with E-state index in [0.717, 1.165) is 5.56 Å². The Kier molecular flexibility index (Phi) is 3.67. The van der Waals surface area contributed by atoms with E-state index in [0.29, 0.717) is 17.7 Å². The summed E-state index contributed by atoms with van der Waals surface area (Å²) in [7, 11) is 1.77. The smallest absolute Gasteiger partial charge is 0.254 e. The van der Waals surface area contributed by atoms with E-state index < -0.39 is 0 Å². The summed E-state index contributed by atoms with van der Waals surface area (Å²) in [6, 6.07) is 7.02. The second-order valence-electron chi connectivity index (χ2n) is 4.24. The highest BCUT2D eigenvalue weighted by molar-refractivity contribution is 7.07. The number of phenolic OH excluding ortho intramolecular Hbond substituents is 1. The molecule has 0 aliphatic carbocycles. The van der Waals surface area contributed by atoms with Crippen LogP contribution in [0.2, 0.25) is 0 Å². The van der Waals surface area contributed by atoms with Crippen LogP contribution in [-0.4, -0.2) is 23.0 Å². The summed E-state index contributed by atoms with van der Waals surface area (Å²) in [5.41, 5.74) is 2.29. The van der Waals surface area contributed by atoms with Gasteiger partial charge in [-0.25, -0.2) is 0 Å². The summed E-state index contributed by atoms with van der Waals surface area (Å²) in [6.07, 6.45) is 0. The first kappa shape index (κ1) is 12.6. The summed E-state index contributed by atoms with van der Waals surface area (Å²) in [4.78, 5) is 13.9. The van der Waals surface area contributed by atoms with E-state index in [2.05, 4.69) is 0 Å². The minimum Gasteiger partial charge on any atom is -0.508 e. The molecule has 0 atom stereocenters. The van der Waals surface area contributed by atoms with Crippen LogP contribution in [0.4, 0.5) is 0 Å². The molecule has 2 aromatic rings. The fraction of sp³-hybridized carbons (Fsp3) is 0.214. The van der Waals surface area contributed by atoms with Crippen molar-refractivity contribution in [2.75, 3.05) is 7.05 Å². The molecule has 1 heterocycles. The van der Waals surface area contributed by atoms with Crippen LogP contribution in [0.5, 0.6) is 5.75 Å². The normalized spacial score (nSPS) is 10.3.